The lowest BCUT2D eigenvalue weighted by Crippen LogP contribution is -2.44. The first-order chi connectivity index (χ1) is 10.1. The predicted molar refractivity (Wildman–Crippen MR) is 106 cm³/mol. The molecule has 2 rings (SSSR count). The molecule has 2 N–H and O–H groups in total. The highest BCUT2D eigenvalue weighted by Gasteiger charge is 2.20. The average molecular weight is 437 g/mol. The molecule has 1 fully saturated rings. The molecule has 0 aliphatic carbocycles. The maximum absolute atomic E-state index is 4.56. The molecule has 1 aliphatic heterocycles. The van der Waals surface area contributed by atoms with Crippen LogP contribution in [0.25, 0.3) is 0 Å². The van der Waals surface area contributed by atoms with Gasteiger partial charge in [0.1, 0.15) is 0 Å². The van der Waals surface area contributed by atoms with Crippen molar-refractivity contribution in [3.8, 4) is 0 Å². The molecular formula is C15H28IN5S. The SMILES string of the molecule is CN=C(NCCc1nc(C)c(C)s1)NCC1CCCN1C.I. The van der Waals surface area contributed by atoms with Gasteiger partial charge in [-0.1, -0.05) is 0 Å². The number of guanidine groups is 1. The van der Waals surface area contributed by atoms with Crippen LogP contribution >= 0.6 is 35.3 Å². The summed E-state index contributed by atoms with van der Waals surface area (Å²) in [5.74, 6) is 0.889. The second kappa shape index (κ2) is 9.67. The van der Waals surface area contributed by atoms with Crippen LogP contribution < -0.4 is 10.6 Å². The summed E-state index contributed by atoms with van der Waals surface area (Å²) in [4.78, 5) is 12.6. The minimum atomic E-state index is 0. The van der Waals surface area contributed by atoms with Crippen LogP contribution in [0.3, 0.4) is 0 Å². The number of thiazole rings is 1. The van der Waals surface area contributed by atoms with Crippen LogP contribution in [-0.2, 0) is 6.42 Å². The zero-order valence-corrected chi connectivity index (χ0v) is 17.1. The Morgan fingerprint density at radius 2 is 2.18 bits per heavy atom. The highest BCUT2D eigenvalue weighted by Crippen LogP contribution is 2.16. The molecule has 5 nitrogen and oxygen atoms in total. The van der Waals surface area contributed by atoms with Gasteiger partial charge in [0.25, 0.3) is 0 Å². The van der Waals surface area contributed by atoms with Crippen LogP contribution in [0.1, 0.15) is 28.4 Å². The number of aryl methyl sites for hydroxylation is 2. The van der Waals surface area contributed by atoms with Gasteiger partial charge in [-0.3, -0.25) is 4.99 Å². The fourth-order valence-electron chi connectivity index (χ4n) is 2.61. The topological polar surface area (TPSA) is 52.6 Å². The molecule has 1 aromatic heterocycles. The first-order valence-electron chi connectivity index (χ1n) is 7.68. The van der Waals surface area contributed by atoms with Gasteiger partial charge in [-0.2, -0.15) is 0 Å². The van der Waals surface area contributed by atoms with E-state index in [1.807, 2.05) is 7.05 Å². The lowest BCUT2D eigenvalue weighted by molar-refractivity contribution is 0.309. The van der Waals surface area contributed by atoms with Gasteiger partial charge in [0.2, 0.25) is 0 Å². The first kappa shape index (κ1) is 19.6. The summed E-state index contributed by atoms with van der Waals surface area (Å²) in [5, 5.41) is 7.99. The van der Waals surface area contributed by atoms with Crippen LogP contribution in [-0.4, -0.2) is 55.6 Å². The summed E-state index contributed by atoms with van der Waals surface area (Å²) < 4.78 is 0. The monoisotopic (exact) mass is 437 g/mol. The normalized spacial score (nSPS) is 19.1. The maximum Gasteiger partial charge on any atom is 0.191 e. The van der Waals surface area contributed by atoms with Crippen molar-refractivity contribution in [1.29, 1.82) is 0 Å². The summed E-state index contributed by atoms with van der Waals surface area (Å²) in [6.45, 7) is 7.24. The predicted octanol–water partition coefficient (Wildman–Crippen LogP) is 2.18. The second-order valence-corrected chi connectivity index (χ2v) is 6.94. The molecule has 0 radical (unpaired) electrons. The standard InChI is InChI=1S/C15H27N5S.HI/c1-11-12(2)21-14(19-11)7-8-17-15(16-3)18-10-13-6-5-9-20(13)4;/h13H,5-10H2,1-4H3,(H2,16,17,18);1H. The van der Waals surface area contributed by atoms with E-state index in [0.29, 0.717) is 6.04 Å². The number of hydrogen-bond acceptors (Lipinski definition) is 4. The Labute approximate surface area is 155 Å². The Kier molecular flexibility index (Phi) is 8.63. The van der Waals surface area contributed by atoms with Crippen molar-refractivity contribution in [3.63, 3.8) is 0 Å². The number of aromatic nitrogens is 1. The van der Waals surface area contributed by atoms with Crippen molar-refractivity contribution in [1.82, 2.24) is 20.5 Å². The lowest BCUT2D eigenvalue weighted by Gasteiger charge is -2.21. The highest BCUT2D eigenvalue weighted by molar-refractivity contribution is 14.0. The van der Waals surface area contributed by atoms with Crippen molar-refractivity contribution < 1.29 is 0 Å². The van der Waals surface area contributed by atoms with E-state index in [9.17, 15) is 0 Å². The zero-order valence-electron chi connectivity index (χ0n) is 14.0. The molecule has 1 aliphatic rings. The number of nitrogens with zero attached hydrogens (tertiary/aromatic N) is 3. The Bertz CT molecular complexity index is 469. The van der Waals surface area contributed by atoms with E-state index in [4.69, 9.17) is 0 Å². The van der Waals surface area contributed by atoms with E-state index in [1.54, 1.807) is 11.3 Å². The maximum atomic E-state index is 4.56. The number of likely N-dealkylation sites (tertiary alicyclic amines) is 1. The number of nitrogens with one attached hydrogen (secondary N) is 2. The molecule has 126 valence electrons. The summed E-state index contributed by atoms with van der Waals surface area (Å²) in [5.41, 5.74) is 1.15. The second-order valence-electron chi connectivity index (χ2n) is 5.66. The molecule has 0 spiro atoms. The fourth-order valence-corrected chi connectivity index (χ4v) is 3.54. The van der Waals surface area contributed by atoms with Crippen molar-refractivity contribution in [2.75, 3.05) is 33.7 Å². The van der Waals surface area contributed by atoms with E-state index in [-0.39, 0.29) is 24.0 Å². The van der Waals surface area contributed by atoms with Crippen LogP contribution in [0.5, 0.6) is 0 Å². The summed E-state index contributed by atoms with van der Waals surface area (Å²) in [6, 6.07) is 0.632. The molecule has 7 heteroatoms. The molecule has 1 saturated heterocycles. The van der Waals surface area contributed by atoms with E-state index in [1.165, 1.54) is 29.3 Å². The van der Waals surface area contributed by atoms with Gasteiger partial charge in [-0.15, -0.1) is 35.3 Å². The summed E-state index contributed by atoms with van der Waals surface area (Å²) in [7, 11) is 4.02. The first-order valence-corrected chi connectivity index (χ1v) is 8.49. The average Bonchev–Trinajstić information content (AvgIpc) is 3.00. The van der Waals surface area contributed by atoms with E-state index in [2.05, 4.69) is 46.4 Å². The molecule has 1 aromatic rings. The van der Waals surface area contributed by atoms with Crippen molar-refractivity contribution >= 4 is 41.3 Å². The van der Waals surface area contributed by atoms with Crippen molar-refractivity contribution in [2.45, 2.75) is 39.2 Å². The van der Waals surface area contributed by atoms with Gasteiger partial charge in [-0.05, 0) is 40.3 Å². The summed E-state index contributed by atoms with van der Waals surface area (Å²) >= 11 is 1.79. The van der Waals surface area contributed by atoms with Gasteiger partial charge >= 0.3 is 0 Å². The van der Waals surface area contributed by atoms with E-state index in [0.717, 1.165) is 31.2 Å². The molecule has 1 atom stereocenters. The van der Waals surface area contributed by atoms with Gasteiger partial charge in [0.05, 0.1) is 10.7 Å². The third-order valence-electron chi connectivity index (χ3n) is 4.10. The van der Waals surface area contributed by atoms with Crippen molar-refractivity contribution in [3.05, 3.63) is 15.6 Å². The van der Waals surface area contributed by atoms with Crippen molar-refractivity contribution in [2.24, 2.45) is 4.99 Å². The van der Waals surface area contributed by atoms with Crippen LogP contribution in [0.4, 0.5) is 0 Å². The van der Waals surface area contributed by atoms with Gasteiger partial charge in [-0.25, -0.2) is 4.98 Å². The number of aliphatic imine (C=N–C) groups is 1. The Morgan fingerprint density at radius 1 is 1.41 bits per heavy atom. The third kappa shape index (κ3) is 5.66. The molecule has 22 heavy (non-hydrogen) atoms. The molecule has 0 saturated carbocycles. The molecule has 0 amide bonds. The molecular weight excluding hydrogens is 409 g/mol. The van der Waals surface area contributed by atoms with Crippen LogP contribution in [0, 0.1) is 13.8 Å². The Morgan fingerprint density at radius 3 is 2.73 bits per heavy atom. The van der Waals surface area contributed by atoms with Gasteiger partial charge in [0.15, 0.2) is 5.96 Å². The Hall–Kier alpha value is -0.410. The van der Waals surface area contributed by atoms with Gasteiger partial charge in [0, 0.05) is 37.5 Å². The zero-order chi connectivity index (χ0) is 15.2. The van der Waals surface area contributed by atoms with E-state index >= 15 is 0 Å². The number of rotatable bonds is 5. The van der Waals surface area contributed by atoms with E-state index < -0.39 is 0 Å². The number of hydrogen-bond donors (Lipinski definition) is 2. The van der Waals surface area contributed by atoms with Crippen LogP contribution in [0.15, 0.2) is 4.99 Å². The minimum absolute atomic E-state index is 0. The van der Waals surface area contributed by atoms with Crippen LogP contribution in [0.2, 0.25) is 0 Å². The van der Waals surface area contributed by atoms with Gasteiger partial charge < -0.3 is 15.5 Å². The largest absolute Gasteiger partial charge is 0.356 e. The molecule has 2 heterocycles. The highest BCUT2D eigenvalue weighted by atomic mass is 127. The molecule has 0 aromatic carbocycles. The quantitative estimate of drug-likeness (QED) is 0.421. The number of likely N-dealkylation sites (N-methyl/N-ethyl adjacent to an activating group) is 1. The Balaban J connectivity index is 0.00000242. The summed E-state index contributed by atoms with van der Waals surface area (Å²) in [6.07, 6.45) is 3.53. The third-order valence-corrected chi connectivity index (χ3v) is 5.24. The molecule has 0 bridgehead atoms. The molecule has 1 unspecified atom stereocenters. The smallest absolute Gasteiger partial charge is 0.191 e. The lowest BCUT2D eigenvalue weighted by atomic mass is 10.2. The fraction of sp³-hybridized carbons (Fsp3) is 0.733. The number of halogens is 1. The minimum Gasteiger partial charge on any atom is -0.356 e.